The lowest BCUT2D eigenvalue weighted by molar-refractivity contribution is -0.159. The van der Waals surface area contributed by atoms with E-state index in [9.17, 15) is 14.4 Å². The summed E-state index contributed by atoms with van der Waals surface area (Å²) in [6, 6.07) is 30.6. The molecule has 0 aromatic heterocycles. The molecule has 6 nitrogen and oxygen atoms in total. The van der Waals surface area contributed by atoms with E-state index in [1.807, 2.05) is 0 Å². The van der Waals surface area contributed by atoms with Crippen molar-refractivity contribution < 1.29 is 23.9 Å². The van der Waals surface area contributed by atoms with Crippen LogP contribution >= 0.6 is 6.89 Å². The molecule has 0 saturated carbocycles. The number of esters is 2. The minimum Gasteiger partial charge on any atom is -0.464 e. The molecular weight excluding hydrogens is 461 g/mol. The monoisotopic (exact) mass is 493 g/mol. The summed E-state index contributed by atoms with van der Waals surface area (Å²) in [6.45, 7) is 2.90. The Bertz CT molecular complexity index is 1010. The van der Waals surface area contributed by atoms with Crippen LogP contribution < -0.4 is 21.2 Å². The summed E-state index contributed by atoms with van der Waals surface area (Å²) in [7, 11) is 0. The summed E-state index contributed by atoms with van der Waals surface area (Å²) in [4.78, 5) is 33.3. The summed E-state index contributed by atoms with van der Waals surface area (Å²) in [5, 5.41) is 6.11. The van der Waals surface area contributed by atoms with Gasteiger partial charge in [0.2, 0.25) is 11.9 Å². The zero-order chi connectivity index (χ0) is 25.7. The molecule has 0 spiro atoms. The van der Waals surface area contributed by atoms with Gasteiger partial charge < -0.3 is 14.8 Å². The van der Waals surface area contributed by atoms with Crippen molar-refractivity contribution in [2.45, 2.75) is 26.8 Å². The van der Waals surface area contributed by atoms with Crippen molar-refractivity contribution in [3.63, 3.8) is 0 Å². The fourth-order valence-electron chi connectivity index (χ4n) is 3.36. The number of carbonyl (C=O) groups excluding carboxylic acids is 3. The molecule has 0 saturated heterocycles. The van der Waals surface area contributed by atoms with E-state index in [4.69, 9.17) is 6.30 Å². The zero-order valence-electron chi connectivity index (χ0n) is 20.3. The summed E-state index contributed by atoms with van der Waals surface area (Å²) in [5.41, 5.74) is 0. The van der Waals surface area contributed by atoms with Crippen molar-refractivity contribution in [1.82, 2.24) is 5.32 Å². The Balaban J connectivity index is 0.000000260. The SMILES string of the molecule is C=P(c1ccccc1)(c1ccccc1)c1ccccc1.CCOC(=O)C(NC(C)=O)C(=O)OCC. The number of hydrogen-bond donors (Lipinski definition) is 1. The smallest absolute Gasteiger partial charge is 0.340 e. The van der Waals surface area contributed by atoms with Gasteiger partial charge in [-0.2, -0.15) is 0 Å². The lowest BCUT2D eigenvalue weighted by Gasteiger charge is -2.26. The second-order valence-electron chi connectivity index (χ2n) is 7.45. The van der Waals surface area contributed by atoms with Crippen LogP contribution in [0.25, 0.3) is 0 Å². The maximum absolute atomic E-state index is 11.3. The minimum atomic E-state index is -1.78. The Hall–Kier alpha value is -3.63. The number of amides is 1. The Morgan fingerprint density at radius 1 is 0.714 bits per heavy atom. The average molecular weight is 494 g/mol. The highest BCUT2D eigenvalue weighted by molar-refractivity contribution is 7.93. The first-order valence-electron chi connectivity index (χ1n) is 11.3. The lowest BCUT2D eigenvalue weighted by atomic mass is 10.3. The Kier molecular flexibility index (Phi) is 11.0. The first-order chi connectivity index (χ1) is 16.8. The molecule has 7 heteroatoms. The standard InChI is InChI=1S/C19H17P.C9H15NO5/c1-20(17-11-5-2-6-12-17,18-13-7-3-8-14-18)19-15-9-4-10-16-19;1-4-14-8(12)7(10-6(3)11)9(13)15-5-2/h2-16H,1H2;7H,4-5H2,1-3H3,(H,10,11). The quantitative estimate of drug-likeness (QED) is 0.296. The molecule has 0 aliphatic rings. The maximum atomic E-state index is 11.3. The van der Waals surface area contributed by atoms with Gasteiger partial charge in [-0.1, -0.05) is 97.3 Å². The third-order valence-corrected chi connectivity index (χ3v) is 8.52. The summed E-state index contributed by atoms with van der Waals surface area (Å²) >= 11 is 0. The van der Waals surface area contributed by atoms with Gasteiger partial charge in [-0.05, 0) is 36.6 Å². The van der Waals surface area contributed by atoms with Crippen LogP contribution in [0.2, 0.25) is 0 Å². The largest absolute Gasteiger partial charge is 0.464 e. The number of rotatable bonds is 8. The number of nitrogens with one attached hydrogen (secondary N) is 1. The first kappa shape index (κ1) is 27.6. The van der Waals surface area contributed by atoms with E-state index in [2.05, 4.69) is 106 Å². The van der Waals surface area contributed by atoms with Gasteiger partial charge in [0.05, 0.1) is 13.2 Å². The van der Waals surface area contributed by atoms with Gasteiger partial charge >= 0.3 is 11.9 Å². The van der Waals surface area contributed by atoms with Crippen LogP contribution in [0.4, 0.5) is 0 Å². The van der Waals surface area contributed by atoms with E-state index < -0.39 is 30.8 Å². The molecule has 1 amide bonds. The third kappa shape index (κ3) is 7.69. The topological polar surface area (TPSA) is 81.7 Å². The van der Waals surface area contributed by atoms with Crippen LogP contribution in [-0.4, -0.2) is 43.4 Å². The van der Waals surface area contributed by atoms with Crippen molar-refractivity contribution in [3.05, 3.63) is 91.0 Å². The fraction of sp³-hybridized carbons (Fsp3) is 0.214. The molecule has 0 bridgehead atoms. The van der Waals surface area contributed by atoms with Crippen LogP contribution in [0.3, 0.4) is 0 Å². The molecule has 3 aromatic rings. The predicted octanol–water partition coefficient (Wildman–Crippen LogP) is 3.03. The summed E-state index contributed by atoms with van der Waals surface area (Å²) in [5.74, 6) is -2.13. The molecule has 0 heterocycles. The summed E-state index contributed by atoms with van der Waals surface area (Å²) < 4.78 is 9.24. The second-order valence-corrected chi connectivity index (χ2v) is 10.6. The second kappa shape index (κ2) is 13.9. The molecule has 0 aliphatic heterocycles. The first-order valence-corrected chi connectivity index (χ1v) is 13.3. The number of hydrogen-bond acceptors (Lipinski definition) is 5. The van der Waals surface area contributed by atoms with Gasteiger partial charge in [0.1, 0.15) is 0 Å². The van der Waals surface area contributed by atoms with Gasteiger partial charge in [-0.25, -0.2) is 9.59 Å². The minimum absolute atomic E-state index is 0.133. The number of carbonyl (C=O) groups is 3. The van der Waals surface area contributed by atoms with E-state index in [1.54, 1.807) is 13.8 Å². The van der Waals surface area contributed by atoms with E-state index in [1.165, 1.54) is 22.8 Å². The molecule has 3 rings (SSSR count). The van der Waals surface area contributed by atoms with Crippen LogP contribution in [0, 0.1) is 0 Å². The molecule has 0 aliphatic carbocycles. The van der Waals surface area contributed by atoms with Crippen molar-refractivity contribution in [1.29, 1.82) is 0 Å². The normalized spacial score (nSPS) is 10.5. The van der Waals surface area contributed by atoms with Gasteiger partial charge in [-0.3, -0.25) is 4.79 Å². The average Bonchev–Trinajstić information content (AvgIpc) is 2.89. The molecule has 0 unspecified atom stereocenters. The molecular formula is C28H32NO5P. The molecule has 0 fully saturated rings. The van der Waals surface area contributed by atoms with Crippen molar-refractivity contribution in [2.75, 3.05) is 13.2 Å². The highest BCUT2D eigenvalue weighted by Crippen LogP contribution is 2.41. The van der Waals surface area contributed by atoms with E-state index in [0.29, 0.717) is 0 Å². The van der Waals surface area contributed by atoms with Crippen LogP contribution in [0.15, 0.2) is 91.0 Å². The molecule has 0 radical (unpaired) electrons. The van der Waals surface area contributed by atoms with E-state index >= 15 is 0 Å². The summed E-state index contributed by atoms with van der Waals surface area (Å²) in [6.07, 6.45) is 4.69. The molecule has 3 aromatic carbocycles. The highest BCUT2D eigenvalue weighted by Gasteiger charge is 2.30. The van der Waals surface area contributed by atoms with Gasteiger partial charge in [0, 0.05) is 6.92 Å². The molecule has 1 N–H and O–H groups in total. The maximum Gasteiger partial charge on any atom is 0.340 e. The van der Waals surface area contributed by atoms with Crippen LogP contribution in [0.5, 0.6) is 0 Å². The molecule has 35 heavy (non-hydrogen) atoms. The highest BCUT2D eigenvalue weighted by atomic mass is 31.2. The third-order valence-electron chi connectivity index (χ3n) is 4.98. The number of benzene rings is 3. The predicted molar refractivity (Wildman–Crippen MR) is 143 cm³/mol. The van der Waals surface area contributed by atoms with Gasteiger partial charge in [-0.15, -0.1) is 0 Å². The fourth-order valence-corrected chi connectivity index (χ4v) is 6.30. The zero-order valence-corrected chi connectivity index (χ0v) is 21.2. The lowest BCUT2D eigenvalue weighted by Crippen LogP contribution is -2.47. The van der Waals surface area contributed by atoms with Crippen LogP contribution in [0.1, 0.15) is 20.8 Å². The van der Waals surface area contributed by atoms with Crippen molar-refractivity contribution >= 4 is 46.9 Å². The number of ether oxygens (including phenoxy) is 2. The van der Waals surface area contributed by atoms with Crippen molar-refractivity contribution in [2.24, 2.45) is 0 Å². The van der Waals surface area contributed by atoms with Crippen molar-refractivity contribution in [3.8, 4) is 0 Å². The molecule has 184 valence electrons. The Morgan fingerprint density at radius 2 is 1.03 bits per heavy atom. The van der Waals surface area contributed by atoms with E-state index in [-0.39, 0.29) is 13.2 Å². The van der Waals surface area contributed by atoms with Gasteiger partial charge in [0.15, 0.2) is 0 Å². The Labute approximate surface area is 207 Å². The van der Waals surface area contributed by atoms with Crippen LogP contribution in [-0.2, 0) is 23.9 Å². The van der Waals surface area contributed by atoms with Gasteiger partial charge in [0.25, 0.3) is 0 Å². The van der Waals surface area contributed by atoms with E-state index in [0.717, 1.165) is 0 Å². The Morgan fingerprint density at radius 3 is 1.29 bits per heavy atom. The molecule has 0 atom stereocenters.